The van der Waals surface area contributed by atoms with E-state index in [0.29, 0.717) is 6.54 Å². The number of rotatable bonds is 3. The van der Waals surface area contributed by atoms with Crippen LogP contribution in [0.15, 0.2) is 0 Å². The lowest BCUT2D eigenvalue weighted by Gasteiger charge is -2.10. The van der Waals surface area contributed by atoms with Gasteiger partial charge in [-0.15, -0.1) is 0 Å². The van der Waals surface area contributed by atoms with E-state index in [9.17, 15) is 9.59 Å². The molecule has 1 aliphatic rings. The van der Waals surface area contributed by atoms with Crippen LogP contribution in [0.4, 0.5) is 4.79 Å². The van der Waals surface area contributed by atoms with Crippen LogP contribution in [-0.2, 0) is 4.79 Å². The predicted octanol–water partition coefficient (Wildman–Crippen LogP) is -1.84. The molecule has 13 heavy (non-hydrogen) atoms. The van der Waals surface area contributed by atoms with Gasteiger partial charge in [-0.3, -0.25) is 4.79 Å². The molecule has 0 aliphatic carbocycles. The highest BCUT2D eigenvalue weighted by atomic mass is 16.3. The Morgan fingerprint density at radius 1 is 1.85 bits per heavy atom. The highest BCUT2D eigenvalue weighted by Gasteiger charge is 2.26. The Labute approximate surface area is 75.7 Å². The normalized spacial score (nSPS) is 23.2. The molecule has 1 fully saturated rings. The van der Waals surface area contributed by atoms with E-state index in [-0.39, 0.29) is 18.5 Å². The third-order valence-corrected chi connectivity index (χ3v) is 1.66. The summed E-state index contributed by atoms with van der Waals surface area (Å²) in [7, 11) is 0. The summed E-state index contributed by atoms with van der Waals surface area (Å²) in [5.41, 5.74) is 0. The second kappa shape index (κ2) is 4.08. The summed E-state index contributed by atoms with van der Waals surface area (Å²) >= 11 is 0. The van der Waals surface area contributed by atoms with Gasteiger partial charge in [-0.05, 0) is 6.92 Å². The van der Waals surface area contributed by atoms with Crippen molar-refractivity contribution in [3.8, 4) is 0 Å². The summed E-state index contributed by atoms with van der Waals surface area (Å²) in [4.78, 5) is 21.9. The second-order valence-corrected chi connectivity index (χ2v) is 3.00. The molecule has 1 saturated heterocycles. The largest absolute Gasteiger partial charge is 0.392 e. The zero-order valence-electron chi connectivity index (χ0n) is 7.33. The van der Waals surface area contributed by atoms with Gasteiger partial charge in [0.2, 0.25) is 5.91 Å². The first kappa shape index (κ1) is 9.79. The quantitative estimate of drug-likeness (QED) is 0.418. The van der Waals surface area contributed by atoms with Crippen LogP contribution in [0.2, 0.25) is 0 Å². The maximum atomic E-state index is 11.2. The third kappa shape index (κ3) is 2.90. The molecule has 0 unspecified atom stereocenters. The lowest BCUT2D eigenvalue weighted by Crippen LogP contribution is -2.44. The smallest absolute Gasteiger partial charge is 0.315 e. The van der Waals surface area contributed by atoms with Crippen molar-refractivity contribution in [2.45, 2.75) is 19.1 Å². The maximum Gasteiger partial charge on any atom is 0.315 e. The molecule has 1 aliphatic heterocycles. The average Bonchev–Trinajstić information content (AvgIpc) is 2.47. The van der Waals surface area contributed by atoms with E-state index in [1.807, 2.05) is 0 Å². The minimum absolute atomic E-state index is 0.200. The molecule has 6 nitrogen and oxygen atoms in total. The SMILES string of the molecule is C[C@@H](O)CNC(=O)[C@@H]1CNC(=O)N1. The molecule has 0 bridgehead atoms. The van der Waals surface area contributed by atoms with Crippen LogP contribution in [-0.4, -0.2) is 42.3 Å². The summed E-state index contributed by atoms with van der Waals surface area (Å²) < 4.78 is 0. The lowest BCUT2D eigenvalue weighted by molar-refractivity contribution is -0.122. The van der Waals surface area contributed by atoms with Gasteiger partial charge < -0.3 is 21.1 Å². The second-order valence-electron chi connectivity index (χ2n) is 3.00. The first-order chi connectivity index (χ1) is 6.09. The molecular formula is C7H13N3O3. The van der Waals surface area contributed by atoms with Crippen LogP contribution in [0.25, 0.3) is 0 Å². The number of aliphatic hydroxyl groups is 1. The van der Waals surface area contributed by atoms with Gasteiger partial charge >= 0.3 is 6.03 Å². The van der Waals surface area contributed by atoms with E-state index < -0.39 is 12.1 Å². The Morgan fingerprint density at radius 3 is 3.00 bits per heavy atom. The van der Waals surface area contributed by atoms with E-state index in [0.717, 1.165) is 0 Å². The number of aliphatic hydroxyl groups excluding tert-OH is 1. The number of carbonyl (C=O) groups excluding carboxylic acids is 2. The number of amides is 3. The number of carbonyl (C=O) groups is 2. The molecule has 0 radical (unpaired) electrons. The number of urea groups is 1. The number of hydrogen-bond donors (Lipinski definition) is 4. The Bertz CT molecular complexity index is 217. The molecule has 3 amide bonds. The van der Waals surface area contributed by atoms with Gasteiger partial charge in [0, 0.05) is 13.1 Å². The fourth-order valence-corrected chi connectivity index (χ4v) is 0.985. The fourth-order valence-electron chi connectivity index (χ4n) is 0.985. The fraction of sp³-hybridized carbons (Fsp3) is 0.714. The number of nitrogens with one attached hydrogen (secondary N) is 3. The van der Waals surface area contributed by atoms with Crippen LogP contribution in [0.5, 0.6) is 0 Å². The first-order valence-electron chi connectivity index (χ1n) is 4.09. The molecule has 0 spiro atoms. The topological polar surface area (TPSA) is 90.5 Å². The van der Waals surface area contributed by atoms with Gasteiger partial charge in [0.05, 0.1) is 6.10 Å². The van der Waals surface area contributed by atoms with E-state index >= 15 is 0 Å². The molecule has 1 rings (SSSR count). The van der Waals surface area contributed by atoms with Gasteiger partial charge in [0.1, 0.15) is 6.04 Å². The summed E-state index contributed by atoms with van der Waals surface area (Å²) in [5.74, 6) is -0.278. The van der Waals surface area contributed by atoms with Crippen LogP contribution in [0.1, 0.15) is 6.92 Å². The number of hydrogen-bond acceptors (Lipinski definition) is 3. The van der Waals surface area contributed by atoms with Gasteiger partial charge in [-0.2, -0.15) is 0 Å². The van der Waals surface area contributed by atoms with Crippen LogP contribution < -0.4 is 16.0 Å². The Balaban J connectivity index is 2.27. The van der Waals surface area contributed by atoms with Crippen molar-refractivity contribution < 1.29 is 14.7 Å². The molecule has 74 valence electrons. The molecular weight excluding hydrogens is 174 g/mol. The predicted molar refractivity (Wildman–Crippen MR) is 45.0 cm³/mol. The summed E-state index contributed by atoms with van der Waals surface area (Å²) in [6.45, 7) is 2.07. The highest BCUT2D eigenvalue weighted by molar-refractivity contribution is 5.90. The molecule has 4 N–H and O–H groups in total. The van der Waals surface area contributed by atoms with Crippen molar-refractivity contribution in [3.05, 3.63) is 0 Å². The van der Waals surface area contributed by atoms with Gasteiger partial charge in [-0.25, -0.2) is 4.79 Å². The summed E-state index contributed by atoms with van der Waals surface area (Å²) in [6, 6.07) is -0.858. The Kier molecular flexibility index (Phi) is 3.07. The molecule has 1 heterocycles. The van der Waals surface area contributed by atoms with Gasteiger partial charge in [0.25, 0.3) is 0 Å². The van der Waals surface area contributed by atoms with Crippen LogP contribution in [0, 0.1) is 0 Å². The molecule has 0 saturated carbocycles. The van der Waals surface area contributed by atoms with E-state index in [4.69, 9.17) is 5.11 Å². The lowest BCUT2D eigenvalue weighted by atomic mass is 10.3. The zero-order valence-corrected chi connectivity index (χ0v) is 7.33. The molecule has 0 aromatic heterocycles. The Morgan fingerprint density at radius 2 is 2.54 bits per heavy atom. The van der Waals surface area contributed by atoms with E-state index in [1.165, 1.54) is 0 Å². The standard InChI is InChI=1S/C7H13N3O3/c1-4(11)2-8-6(12)5-3-9-7(13)10-5/h4-5,11H,2-3H2,1H3,(H,8,12)(H2,9,10,13)/t4-,5+/m1/s1. The maximum absolute atomic E-state index is 11.2. The molecule has 0 aromatic carbocycles. The van der Waals surface area contributed by atoms with Gasteiger partial charge in [-0.1, -0.05) is 0 Å². The van der Waals surface area contributed by atoms with Crippen LogP contribution >= 0.6 is 0 Å². The monoisotopic (exact) mass is 187 g/mol. The van der Waals surface area contributed by atoms with E-state index in [1.54, 1.807) is 6.92 Å². The highest BCUT2D eigenvalue weighted by Crippen LogP contribution is 1.90. The minimum atomic E-state index is -0.575. The molecule has 6 heteroatoms. The van der Waals surface area contributed by atoms with Crippen LogP contribution in [0.3, 0.4) is 0 Å². The zero-order chi connectivity index (χ0) is 9.84. The molecule has 2 atom stereocenters. The van der Waals surface area contributed by atoms with Crippen molar-refractivity contribution in [3.63, 3.8) is 0 Å². The first-order valence-corrected chi connectivity index (χ1v) is 4.09. The minimum Gasteiger partial charge on any atom is -0.392 e. The average molecular weight is 187 g/mol. The Hall–Kier alpha value is -1.30. The van der Waals surface area contributed by atoms with Crippen molar-refractivity contribution in [2.75, 3.05) is 13.1 Å². The third-order valence-electron chi connectivity index (χ3n) is 1.66. The summed E-state index contributed by atoms with van der Waals surface area (Å²) in [5, 5.41) is 16.3. The van der Waals surface area contributed by atoms with Crippen molar-refractivity contribution in [1.82, 2.24) is 16.0 Å². The van der Waals surface area contributed by atoms with E-state index in [2.05, 4.69) is 16.0 Å². The van der Waals surface area contributed by atoms with Crippen molar-refractivity contribution in [2.24, 2.45) is 0 Å². The van der Waals surface area contributed by atoms with Gasteiger partial charge in [0.15, 0.2) is 0 Å². The molecule has 0 aromatic rings. The summed E-state index contributed by atoms with van der Waals surface area (Å²) in [6.07, 6.45) is -0.575. The van der Waals surface area contributed by atoms with Crippen molar-refractivity contribution >= 4 is 11.9 Å². The van der Waals surface area contributed by atoms with Crippen molar-refractivity contribution in [1.29, 1.82) is 0 Å².